The molecule has 0 aliphatic rings. The third-order valence-corrected chi connectivity index (χ3v) is 13.8. The molecule has 1 atom stereocenters. The van der Waals surface area contributed by atoms with Crippen LogP contribution in [-0.4, -0.2) is 37.2 Å². The number of esters is 3. The first-order valence-electron chi connectivity index (χ1n) is 31.2. The third-order valence-electron chi connectivity index (χ3n) is 13.8. The summed E-state index contributed by atoms with van der Waals surface area (Å²) in [5.74, 6) is -0.892. The average molecular weight is 996 g/mol. The maximum Gasteiger partial charge on any atom is 0.306 e. The molecule has 1 unspecified atom stereocenters. The van der Waals surface area contributed by atoms with Crippen molar-refractivity contribution in [3.8, 4) is 0 Å². The Labute approximate surface area is 441 Å². The van der Waals surface area contributed by atoms with Crippen LogP contribution in [0.3, 0.4) is 0 Å². The van der Waals surface area contributed by atoms with E-state index >= 15 is 0 Å². The zero-order valence-electron chi connectivity index (χ0n) is 47.5. The molecule has 0 spiro atoms. The fraction of sp³-hybridized carbons (Fsp3) is 0.831. The van der Waals surface area contributed by atoms with E-state index in [9.17, 15) is 14.4 Å². The summed E-state index contributed by atoms with van der Waals surface area (Å²) in [5, 5.41) is 0. The Morgan fingerprint density at radius 1 is 0.282 bits per heavy atom. The molecule has 0 heterocycles. The van der Waals surface area contributed by atoms with E-state index in [4.69, 9.17) is 14.2 Å². The minimum absolute atomic E-state index is 0.0820. The van der Waals surface area contributed by atoms with Crippen LogP contribution in [0.5, 0.6) is 0 Å². The van der Waals surface area contributed by atoms with E-state index in [2.05, 4.69) is 69.4 Å². The fourth-order valence-electron chi connectivity index (χ4n) is 9.07. The van der Waals surface area contributed by atoms with E-state index in [1.54, 1.807) is 0 Å². The predicted octanol–water partition coefficient (Wildman–Crippen LogP) is 21.0. The summed E-state index contributed by atoms with van der Waals surface area (Å²) in [6.45, 7) is 6.65. The summed E-state index contributed by atoms with van der Waals surface area (Å²) in [7, 11) is 0. The lowest BCUT2D eigenvalue weighted by molar-refractivity contribution is -0.167. The largest absolute Gasteiger partial charge is 0.462 e. The van der Waals surface area contributed by atoms with Gasteiger partial charge in [-0.1, -0.05) is 262 Å². The van der Waals surface area contributed by atoms with Crippen molar-refractivity contribution in [2.75, 3.05) is 13.2 Å². The van der Waals surface area contributed by atoms with Crippen molar-refractivity contribution in [2.24, 2.45) is 0 Å². The number of hydrogen-bond acceptors (Lipinski definition) is 6. The highest BCUT2D eigenvalue weighted by molar-refractivity contribution is 5.71. The Morgan fingerprint density at radius 3 is 0.789 bits per heavy atom. The van der Waals surface area contributed by atoms with Crippen molar-refractivity contribution < 1.29 is 28.6 Å². The minimum Gasteiger partial charge on any atom is -0.462 e. The zero-order valence-corrected chi connectivity index (χ0v) is 47.5. The van der Waals surface area contributed by atoms with E-state index in [0.29, 0.717) is 19.3 Å². The topological polar surface area (TPSA) is 78.9 Å². The Morgan fingerprint density at radius 2 is 0.507 bits per heavy atom. The highest BCUT2D eigenvalue weighted by Crippen LogP contribution is 2.16. The van der Waals surface area contributed by atoms with Gasteiger partial charge in [0.1, 0.15) is 13.2 Å². The van der Waals surface area contributed by atoms with Gasteiger partial charge < -0.3 is 14.2 Å². The number of carbonyl (C=O) groups excluding carboxylic acids is 3. The van der Waals surface area contributed by atoms with Crippen LogP contribution >= 0.6 is 0 Å². The minimum atomic E-state index is -0.786. The molecule has 0 saturated heterocycles. The maximum absolute atomic E-state index is 12.9. The molecule has 0 radical (unpaired) electrons. The molecule has 71 heavy (non-hydrogen) atoms. The first-order valence-corrected chi connectivity index (χ1v) is 31.2. The summed E-state index contributed by atoms with van der Waals surface area (Å²) >= 11 is 0. The van der Waals surface area contributed by atoms with Gasteiger partial charge in [0.2, 0.25) is 0 Å². The maximum atomic E-state index is 12.9. The Kier molecular flexibility index (Phi) is 57.7. The van der Waals surface area contributed by atoms with Crippen molar-refractivity contribution in [3.05, 3.63) is 48.6 Å². The number of hydrogen-bond donors (Lipinski definition) is 0. The van der Waals surface area contributed by atoms with Crippen molar-refractivity contribution in [2.45, 2.75) is 335 Å². The second-order valence-corrected chi connectivity index (χ2v) is 21.0. The fourth-order valence-corrected chi connectivity index (χ4v) is 9.07. The molecule has 414 valence electrons. The molecule has 0 rings (SSSR count). The van der Waals surface area contributed by atoms with Gasteiger partial charge >= 0.3 is 17.9 Å². The van der Waals surface area contributed by atoms with Gasteiger partial charge in [0, 0.05) is 19.3 Å². The Balaban J connectivity index is 4.40. The van der Waals surface area contributed by atoms with Crippen molar-refractivity contribution in [1.82, 2.24) is 0 Å². The van der Waals surface area contributed by atoms with Gasteiger partial charge in [0.25, 0.3) is 0 Å². The summed E-state index contributed by atoms with van der Waals surface area (Å²) < 4.78 is 16.9. The van der Waals surface area contributed by atoms with E-state index in [0.717, 1.165) is 89.9 Å². The van der Waals surface area contributed by atoms with Crippen LogP contribution in [0, 0.1) is 0 Å². The van der Waals surface area contributed by atoms with Gasteiger partial charge in [-0.15, -0.1) is 0 Å². The molecule has 0 amide bonds. The second-order valence-electron chi connectivity index (χ2n) is 21.0. The monoisotopic (exact) mass is 995 g/mol. The highest BCUT2D eigenvalue weighted by Gasteiger charge is 2.19. The standard InChI is InChI=1S/C65H118O6/c1-4-7-10-13-16-19-22-25-28-31-34-37-40-43-46-49-52-55-58-64(67)70-61-62(60-69-63(66)57-54-51-48-45-42-39-36-33-30-27-24-21-18-15-12-9-6-3)71-65(68)59-56-53-50-47-44-41-38-35-32-29-26-23-20-17-14-11-8-5-2/h27-28,30-31,34-35,37-38,62H,4-26,29,32-33,36,39-61H2,1-3H3/b30-27-,31-28-,37-34-,38-35-. The molecule has 0 aliphatic carbocycles. The molecule has 0 bridgehead atoms. The van der Waals surface area contributed by atoms with Gasteiger partial charge in [-0.2, -0.15) is 0 Å². The van der Waals surface area contributed by atoms with Crippen LogP contribution in [0.25, 0.3) is 0 Å². The lowest BCUT2D eigenvalue weighted by atomic mass is 10.1. The molecular weight excluding hydrogens is 877 g/mol. The smallest absolute Gasteiger partial charge is 0.306 e. The molecule has 0 saturated carbocycles. The zero-order chi connectivity index (χ0) is 51.4. The molecule has 0 aromatic carbocycles. The normalized spacial score (nSPS) is 12.3. The number of carbonyl (C=O) groups is 3. The SMILES string of the molecule is CCCCCCCC/C=C\CCCCCCCCCC(=O)OCC(COC(=O)CCCCCCC/C=C\C=C/CCCCCCCCC)OC(=O)CCCCCCC/C=C\CCCCCCCCCCC. The lowest BCUT2D eigenvalue weighted by Gasteiger charge is -2.18. The number of rotatable bonds is 57. The molecule has 6 nitrogen and oxygen atoms in total. The van der Waals surface area contributed by atoms with E-state index in [-0.39, 0.29) is 31.1 Å². The summed E-state index contributed by atoms with van der Waals surface area (Å²) in [6, 6.07) is 0. The molecule has 0 fully saturated rings. The van der Waals surface area contributed by atoms with Crippen LogP contribution in [0.1, 0.15) is 329 Å². The second kappa shape index (κ2) is 59.9. The van der Waals surface area contributed by atoms with Crippen LogP contribution in [-0.2, 0) is 28.6 Å². The quantitative estimate of drug-likeness (QED) is 0.0199. The average Bonchev–Trinajstić information content (AvgIpc) is 3.37. The van der Waals surface area contributed by atoms with Crippen molar-refractivity contribution in [1.29, 1.82) is 0 Å². The van der Waals surface area contributed by atoms with Gasteiger partial charge in [-0.3, -0.25) is 14.4 Å². The first kappa shape index (κ1) is 68.4. The van der Waals surface area contributed by atoms with E-state index in [1.807, 2.05) is 0 Å². The van der Waals surface area contributed by atoms with E-state index < -0.39 is 6.10 Å². The number of ether oxygens (including phenoxy) is 3. The Bertz CT molecular complexity index is 1230. The molecule has 0 aromatic heterocycles. The molecule has 0 aromatic rings. The summed E-state index contributed by atoms with van der Waals surface area (Å²) in [5.41, 5.74) is 0. The number of allylic oxidation sites excluding steroid dienone is 8. The van der Waals surface area contributed by atoms with Crippen molar-refractivity contribution >= 4 is 17.9 Å². The lowest BCUT2D eigenvalue weighted by Crippen LogP contribution is -2.30. The van der Waals surface area contributed by atoms with Gasteiger partial charge in [0.15, 0.2) is 6.10 Å². The van der Waals surface area contributed by atoms with Crippen LogP contribution in [0.4, 0.5) is 0 Å². The third kappa shape index (κ3) is 58.1. The van der Waals surface area contributed by atoms with Gasteiger partial charge in [0.05, 0.1) is 0 Å². The molecule has 6 heteroatoms. The Hall–Kier alpha value is -2.63. The van der Waals surface area contributed by atoms with Gasteiger partial charge in [-0.25, -0.2) is 0 Å². The molecular formula is C65H118O6. The predicted molar refractivity (Wildman–Crippen MR) is 307 cm³/mol. The van der Waals surface area contributed by atoms with Crippen LogP contribution < -0.4 is 0 Å². The summed E-state index contributed by atoms with van der Waals surface area (Å²) in [4.78, 5) is 38.3. The molecule has 0 N–H and O–H groups in total. The summed E-state index contributed by atoms with van der Waals surface area (Å²) in [6.07, 6.45) is 73.9. The van der Waals surface area contributed by atoms with Crippen LogP contribution in [0.15, 0.2) is 48.6 Å². The van der Waals surface area contributed by atoms with Crippen molar-refractivity contribution in [3.63, 3.8) is 0 Å². The van der Waals surface area contributed by atoms with Gasteiger partial charge in [-0.05, 0) is 96.3 Å². The highest BCUT2D eigenvalue weighted by atomic mass is 16.6. The van der Waals surface area contributed by atoms with Crippen LogP contribution in [0.2, 0.25) is 0 Å². The molecule has 0 aliphatic heterocycles. The van der Waals surface area contributed by atoms with E-state index in [1.165, 1.54) is 199 Å². The first-order chi connectivity index (χ1) is 35.0. The number of unbranched alkanes of at least 4 members (excludes halogenated alkanes) is 39.